The van der Waals surface area contributed by atoms with Gasteiger partial charge in [-0.1, -0.05) is 18.9 Å². The highest BCUT2D eigenvalue weighted by Crippen LogP contribution is 2.38. The van der Waals surface area contributed by atoms with Gasteiger partial charge in [0.25, 0.3) is 0 Å². The lowest BCUT2D eigenvalue weighted by atomic mass is 9.85. The maximum absolute atomic E-state index is 12.6. The molecule has 1 aromatic rings. The molecule has 0 radical (unpaired) electrons. The van der Waals surface area contributed by atoms with E-state index >= 15 is 0 Å². The topological polar surface area (TPSA) is 75.4 Å². The van der Waals surface area contributed by atoms with Crippen molar-refractivity contribution in [3.05, 3.63) is 24.3 Å². The molecule has 1 heterocycles. The first-order valence-corrected chi connectivity index (χ1v) is 8.07. The summed E-state index contributed by atoms with van der Waals surface area (Å²) in [4.78, 5) is 26.2. The van der Waals surface area contributed by atoms with Gasteiger partial charge in [-0.2, -0.15) is 0 Å². The highest BCUT2D eigenvalue weighted by atomic mass is 35.5. The van der Waals surface area contributed by atoms with Gasteiger partial charge in [0, 0.05) is 30.9 Å². The van der Waals surface area contributed by atoms with Crippen molar-refractivity contribution in [3.63, 3.8) is 0 Å². The molecule has 0 aromatic heterocycles. The average molecular weight is 338 g/mol. The molecule has 23 heavy (non-hydrogen) atoms. The molecule has 6 heteroatoms. The maximum Gasteiger partial charge on any atom is 0.231 e. The Kier molecular flexibility index (Phi) is 5.65. The van der Waals surface area contributed by atoms with E-state index in [1.807, 2.05) is 24.3 Å². The van der Waals surface area contributed by atoms with E-state index in [0.29, 0.717) is 13.0 Å². The van der Waals surface area contributed by atoms with Gasteiger partial charge in [-0.05, 0) is 37.5 Å². The zero-order chi connectivity index (χ0) is 15.6. The van der Waals surface area contributed by atoms with Crippen LogP contribution in [0.1, 0.15) is 38.5 Å². The van der Waals surface area contributed by atoms with Crippen LogP contribution in [0.5, 0.6) is 0 Å². The summed E-state index contributed by atoms with van der Waals surface area (Å²) >= 11 is 0. The number of nitrogens with two attached hydrogens (primary N) is 1. The standard InChI is InChI=1S/C17H23N3O2.ClH/c18-12-17(8-1-2-9-17)16(22)19-13-5-3-6-14(11-13)20-10-4-7-15(20)21;/h3,5-6,11H,1-2,4,7-10,12,18H2,(H,19,22);1H. The number of nitrogens with one attached hydrogen (secondary N) is 1. The number of anilines is 2. The van der Waals surface area contributed by atoms with E-state index in [-0.39, 0.29) is 24.2 Å². The molecule has 0 spiro atoms. The van der Waals surface area contributed by atoms with Gasteiger partial charge in [0.05, 0.1) is 5.41 Å². The van der Waals surface area contributed by atoms with Gasteiger partial charge in [0.2, 0.25) is 11.8 Å². The van der Waals surface area contributed by atoms with Crippen molar-refractivity contribution in [1.82, 2.24) is 0 Å². The summed E-state index contributed by atoms with van der Waals surface area (Å²) in [7, 11) is 0. The van der Waals surface area contributed by atoms with Gasteiger partial charge in [-0.3, -0.25) is 9.59 Å². The Balaban J connectivity index is 0.00000192. The molecule has 0 unspecified atom stereocenters. The van der Waals surface area contributed by atoms with Gasteiger partial charge >= 0.3 is 0 Å². The molecule has 0 atom stereocenters. The van der Waals surface area contributed by atoms with Crippen molar-refractivity contribution in [3.8, 4) is 0 Å². The first kappa shape index (κ1) is 17.8. The molecule has 3 rings (SSSR count). The van der Waals surface area contributed by atoms with Crippen LogP contribution in [0, 0.1) is 5.41 Å². The summed E-state index contributed by atoms with van der Waals surface area (Å²) in [6, 6.07) is 7.52. The Hall–Kier alpha value is -1.59. The molecular formula is C17H24ClN3O2. The van der Waals surface area contributed by atoms with Gasteiger partial charge in [0.15, 0.2) is 0 Å². The highest BCUT2D eigenvalue weighted by Gasteiger charge is 2.39. The zero-order valence-corrected chi connectivity index (χ0v) is 14.0. The fourth-order valence-corrected chi connectivity index (χ4v) is 3.51. The third-order valence-corrected chi connectivity index (χ3v) is 4.92. The molecule has 0 bridgehead atoms. The SMILES string of the molecule is Cl.NCC1(C(=O)Nc2cccc(N3CCCC3=O)c2)CCCC1. The quantitative estimate of drug-likeness (QED) is 0.887. The van der Waals surface area contributed by atoms with Crippen LogP contribution >= 0.6 is 12.4 Å². The maximum atomic E-state index is 12.6. The lowest BCUT2D eigenvalue weighted by molar-refractivity contribution is -0.124. The van der Waals surface area contributed by atoms with Gasteiger partial charge in [-0.25, -0.2) is 0 Å². The van der Waals surface area contributed by atoms with Crippen LogP contribution in [0.2, 0.25) is 0 Å². The van der Waals surface area contributed by atoms with Crippen molar-refractivity contribution < 1.29 is 9.59 Å². The predicted octanol–water partition coefficient (Wildman–Crippen LogP) is 2.69. The Morgan fingerprint density at radius 3 is 2.61 bits per heavy atom. The summed E-state index contributed by atoms with van der Waals surface area (Å²) < 4.78 is 0. The normalized spacial score (nSPS) is 19.5. The summed E-state index contributed by atoms with van der Waals surface area (Å²) in [5.41, 5.74) is 7.03. The number of halogens is 1. The number of carbonyl (C=O) groups excluding carboxylic acids is 2. The number of nitrogens with zero attached hydrogens (tertiary/aromatic N) is 1. The predicted molar refractivity (Wildman–Crippen MR) is 93.9 cm³/mol. The second kappa shape index (κ2) is 7.32. The lowest BCUT2D eigenvalue weighted by Crippen LogP contribution is -2.40. The van der Waals surface area contributed by atoms with Crippen molar-refractivity contribution >= 4 is 35.6 Å². The number of hydrogen-bond acceptors (Lipinski definition) is 3. The molecule has 2 amide bonds. The van der Waals surface area contributed by atoms with E-state index in [1.54, 1.807) is 4.90 Å². The monoisotopic (exact) mass is 337 g/mol. The second-order valence-electron chi connectivity index (χ2n) is 6.34. The van der Waals surface area contributed by atoms with Crippen molar-refractivity contribution in [1.29, 1.82) is 0 Å². The molecule has 3 N–H and O–H groups in total. The Labute approximate surface area is 143 Å². The molecule has 2 fully saturated rings. The van der Waals surface area contributed by atoms with Crippen LogP contribution in [0.25, 0.3) is 0 Å². The molecule has 1 aliphatic heterocycles. The van der Waals surface area contributed by atoms with E-state index in [4.69, 9.17) is 5.73 Å². The Morgan fingerprint density at radius 1 is 1.26 bits per heavy atom. The summed E-state index contributed by atoms with van der Waals surface area (Å²) in [5.74, 6) is 0.162. The molecule has 1 saturated carbocycles. The number of amides is 2. The molecule has 5 nitrogen and oxygen atoms in total. The summed E-state index contributed by atoms with van der Waals surface area (Å²) in [5, 5.41) is 3.00. The van der Waals surface area contributed by atoms with Crippen LogP contribution in [-0.4, -0.2) is 24.9 Å². The Bertz CT molecular complexity index is 585. The second-order valence-corrected chi connectivity index (χ2v) is 6.34. The van der Waals surface area contributed by atoms with Gasteiger partial charge in [0.1, 0.15) is 0 Å². The summed E-state index contributed by atoms with van der Waals surface area (Å²) in [6.07, 6.45) is 5.34. The molecule has 1 aromatic carbocycles. The Morgan fingerprint density at radius 2 is 2.00 bits per heavy atom. The third-order valence-electron chi connectivity index (χ3n) is 4.92. The largest absolute Gasteiger partial charge is 0.329 e. The van der Waals surface area contributed by atoms with Gasteiger partial charge in [-0.15, -0.1) is 12.4 Å². The van der Waals surface area contributed by atoms with E-state index < -0.39 is 5.41 Å². The van der Waals surface area contributed by atoms with E-state index in [9.17, 15) is 9.59 Å². The first-order chi connectivity index (χ1) is 10.6. The van der Waals surface area contributed by atoms with Crippen LogP contribution in [0.3, 0.4) is 0 Å². The minimum absolute atomic E-state index is 0. The number of hydrogen-bond donors (Lipinski definition) is 2. The van der Waals surface area contributed by atoms with Crippen LogP contribution in [0.15, 0.2) is 24.3 Å². The van der Waals surface area contributed by atoms with Crippen LogP contribution < -0.4 is 16.0 Å². The third kappa shape index (κ3) is 3.51. The average Bonchev–Trinajstić information content (AvgIpc) is 3.17. The minimum atomic E-state index is -0.417. The first-order valence-electron chi connectivity index (χ1n) is 8.07. The fraction of sp³-hybridized carbons (Fsp3) is 0.529. The zero-order valence-electron chi connectivity index (χ0n) is 13.2. The molecular weight excluding hydrogens is 314 g/mol. The van der Waals surface area contributed by atoms with Crippen molar-refractivity contribution in [2.75, 3.05) is 23.3 Å². The number of benzene rings is 1. The van der Waals surface area contributed by atoms with E-state index in [1.165, 1.54) is 0 Å². The smallest absolute Gasteiger partial charge is 0.231 e. The number of carbonyl (C=O) groups is 2. The molecule has 126 valence electrons. The summed E-state index contributed by atoms with van der Waals surface area (Å²) in [6.45, 7) is 1.14. The molecule has 2 aliphatic rings. The van der Waals surface area contributed by atoms with Crippen molar-refractivity contribution in [2.24, 2.45) is 11.1 Å². The molecule has 1 saturated heterocycles. The van der Waals surface area contributed by atoms with E-state index in [2.05, 4.69) is 5.32 Å². The van der Waals surface area contributed by atoms with E-state index in [0.717, 1.165) is 50.0 Å². The molecule has 1 aliphatic carbocycles. The van der Waals surface area contributed by atoms with Gasteiger partial charge < -0.3 is 16.0 Å². The number of rotatable bonds is 4. The van der Waals surface area contributed by atoms with Crippen molar-refractivity contribution in [2.45, 2.75) is 38.5 Å². The lowest BCUT2D eigenvalue weighted by Gasteiger charge is -2.26. The van der Waals surface area contributed by atoms with Crippen LogP contribution in [-0.2, 0) is 9.59 Å². The highest BCUT2D eigenvalue weighted by molar-refractivity contribution is 5.98. The minimum Gasteiger partial charge on any atom is -0.329 e. The fourth-order valence-electron chi connectivity index (χ4n) is 3.51. The van der Waals surface area contributed by atoms with Crippen LogP contribution in [0.4, 0.5) is 11.4 Å².